The number of nitrogens with one attached hydrogen (secondary N) is 2. The number of ether oxygens (including phenoxy) is 2. The summed E-state index contributed by atoms with van der Waals surface area (Å²) in [6.07, 6.45) is 0. The minimum absolute atomic E-state index is 0.0785. The van der Waals surface area contributed by atoms with E-state index in [0.29, 0.717) is 31.2 Å². The SMILES string of the molecule is COc1ccc(C)cc1NC(=O)C(=O)NC[C@@H](c1cccc2ccccc12)N1CCOCC1. The Hall–Kier alpha value is -3.42. The maximum Gasteiger partial charge on any atom is 0.313 e. The minimum Gasteiger partial charge on any atom is -0.495 e. The average Bonchev–Trinajstić information content (AvgIpc) is 2.85. The summed E-state index contributed by atoms with van der Waals surface area (Å²) in [7, 11) is 1.53. The first kappa shape index (κ1) is 22.8. The van der Waals surface area contributed by atoms with E-state index >= 15 is 0 Å². The van der Waals surface area contributed by atoms with Crippen LogP contribution in [-0.4, -0.2) is 56.7 Å². The van der Waals surface area contributed by atoms with E-state index in [2.05, 4.69) is 39.8 Å². The maximum atomic E-state index is 12.7. The molecule has 7 heteroatoms. The van der Waals surface area contributed by atoms with Gasteiger partial charge in [0.25, 0.3) is 0 Å². The predicted molar refractivity (Wildman–Crippen MR) is 128 cm³/mol. The number of methoxy groups -OCH3 is 1. The largest absolute Gasteiger partial charge is 0.495 e. The van der Waals surface area contributed by atoms with Crippen molar-refractivity contribution in [2.45, 2.75) is 13.0 Å². The Labute approximate surface area is 193 Å². The fourth-order valence-electron chi connectivity index (χ4n) is 4.23. The highest BCUT2D eigenvalue weighted by Gasteiger charge is 2.26. The van der Waals surface area contributed by atoms with Crippen molar-refractivity contribution in [1.82, 2.24) is 10.2 Å². The van der Waals surface area contributed by atoms with Gasteiger partial charge in [0, 0.05) is 19.6 Å². The molecule has 1 aliphatic rings. The molecule has 0 spiro atoms. The Kier molecular flexibility index (Phi) is 7.22. The van der Waals surface area contributed by atoms with Gasteiger partial charge in [0.05, 0.1) is 32.1 Å². The Balaban J connectivity index is 1.52. The number of rotatable bonds is 6. The van der Waals surface area contributed by atoms with Gasteiger partial charge < -0.3 is 20.1 Å². The second-order valence-corrected chi connectivity index (χ2v) is 8.10. The lowest BCUT2D eigenvalue weighted by atomic mass is 9.97. The molecule has 1 atom stereocenters. The normalized spacial score (nSPS) is 15.1. The molecule has 1 saturated heterocycles. The van der Waals surface area contributed by atoms with Crippen LogP contribution in [0.25, 0.3) is 10.8 Å². The van der Waals surface area contributed by atoms with Crippen molar-refractivity contribution in [2.24, 2.45) is 0 Å². The number of aryl methyl sites for hydroxylation is 1. The Morgan fingerprint density at radius 1 is 1.03 bits per heavy atom. The topological polar surface area (TPSA) is 79.9 Å². The van der Waals surface area contributed by atoms with Gasteiger partial charge in [-0.1, -0.05) is 48.5 Å². The lowest BCUT2D eigenvalue weighted by molar-refractivity contribution is -0.136. The monoisotopic (exact) mass is 447 g/mol. The summed E-state index contributed by atoms with van der Waals surface area (Å²) in [6, 6.07) is 19.7. The van der Waals surface area contributed by atoms with Gasteiger partial charge in [-0.15, -0.1) is 0 Å². The fourth-order valence-corrected chi connectivity index (χ4v) is 4.23. The second kappa shape index (κ2) is 10.5. The number of carbonyl (C=O) groups excluding carboxylic acids is 2. The van der Waals surface area contributed by atoms with Crippen LogP contribution in [0.2, 0.25) is 0 Å². The average molecular weight is 448 g/mol. The molecule has 0 radical (unpaired) electrons. The van der Waals surface area contributed by atoms with Gasteiger partial charge in [-0.3, -0.25) is 14.5 Å². The summed E-state index contributed by atoms with van der Waals surface area (Å²) in [5.41, 5.74) is 2.54. The van der Waals surface area contributed by atoms with Crippen LogP contribution in [-0.2, 0) is 14.3 Å². The molecule has 33 heavy (non-hydrogen) atoms. The molecule has 4 rings (SSSR count). The molecule has 0 aliphatic carbocycles. The minimum atomic E-state index is -0.724. The molecule has 0 unspecified atom stereocenters. The summed E-state index contributed by atoms with van der Waals surface area (Å²) >= 11 is 0. The molecule has 1 aliphatic heterocycles. The van der Waals surface area contributed by atoms with Gasteiger partial charge in [-0.2, -0.15) is 0 Å². The third-order valence-corrected chi connectivity index (χ3v) is 5.93. The molecular formula is C26H29N3O4. The highest BCUT2D eigenvalue weighted by Crippen LogP contribution is 2.29. The Morgan fingerprint density at radius 2 is 1.79 bits per heavy atom. The third-order valence-electron chi connectivity index (χ3n) is 5.93. The van der Waals surface area contributed by atoms with Crippen molar-refractivity contribution in [3.05, 3.63) is 71.8 Å². The summed E-state index contributed by atoms with van der Waals surface area (Å²) < 4.78 is 10.8. The number of hydrogen-bond acceptors (Lipinski definition) is 5. The molecule has 0 bridgehead atoms. The van der Waals surface area contributed by atoms with E-state index in [1.54, 1.807) is 12.1 Å². The molecule has 0 saturated carbocycles. The van der Waals surface area contributed by atoms with Crippen LogP contribution in [0.1, 0.15) is 17.2 Å². The number of carbonyl (C=O) groups is 2. The Bertz CT molecular complexity index is 1140. The number of nitrogens with zero attached hydrogens (tertiary/aromatic N) is 1. The molecule has 172 valence electrons. The van der Waals surface area contributed by atoms with Crippen molar-refractivity contribution in [3.8, 4) is 5.75 Å². The van der Waals surface area contributed by atoms with Gasteiger partial charge in [0.1, 0.15) is 5.75 Å². The van der Waals surface area contributed by atoms with E-state index in [1.165, 1.54) is 7.11 Å². The van der Waals surface area contributed by atoms with Crippen molar-refractivity contribution in [1.29, 1.82) is 0 Å². The van der Waals surface area contributed by atoms with Crippen LogP contribution in [0.5, 0.6) is 5.75 Å². The van der Waals surface area contributed by atoms with Gasteiger partial charge >= 0.3 is 11.8 Å². The van der Waals surface area contributed by atoms with Crippen molar-refractivity contribution >= 4 is 28.3 Å². The van der Waals surface area contributed by atoms with Crippen LogP contribution >= 0.6 is 0 Å². The summed E-state index contributed by atoms with van der Waals surface area (Å²) in [4.78, 5) is 27.6. The van der Waals surface area contributed by atoms with Crippen LogP contribution in [0, 0.1) is 6.92 Å². The third kappa shape index (κ3) is 5.32. The molecule has 1 heterocycles. The van der Waals surface area contributed by atoms with Crippen LogP contribution in [0.3, 0.4) is 0 Å². The fraction of sp³-hybridized carbons (Fsp3) is 0.308. The van der Waals surface area contributed by atoms with E-state index < -0.39 is 11.8 Å². The van der Waals surface area contributed by atoms with Crippen molar-refractivity contribution in [3.63, 3.8) is 0 Å². The van der Waals surface area contributed by atoms with Gasteiger partial charge in [-0.25, -0.2) is 0 Å². The summed E-state index contributed by atoms with van der Waals surface area (Å²) in [5.74, 6) is -0.904. The lowest BCUT2D eigenvalue weighted by Crippen LogP contribution is -2.45. The van der Waals surface area contributed by atoms with Crippen LogP contribution in [0.15, 0.2) is 60.7 Å². The van der Waals surface area contributed by atoms with E-state index in [9.17, 15) is 9.59 Å². The van der Waals surface area contributed by atoms with Gasteiger partial charge in [0.15, 0.2) is 0 Å². The highest BCUT2D eigenvalue weighted by atomic mass is 16.5. The van der Waals surface area contributed by atoms with Crippen LogP contribution < -0.4 is 15.4 Å². The quantitative estimate of drug-likeness (QED) is 0.567. The number of hydrogen-bond donors (Lipinski definition) is 2. The Morgan fingerprint density at radius 3 is 2.58 bits per heavy atom. The van der Waals surface area contributed by atoms with E-state index in [1.807, 2.05) is 31.2 Å². The molecule has 7 nitrogen and oxygen atoms in total. The number of benzene rings is 3. The summed E-state index contributed by atoms with van der Waals surface area (Å²) in [6.45, 7) is 5.02. The molecule has 3 aromatic carbocycles. The number of anilines is 1. The molecular weight excluding hydrogens is 418 g/mol. The van der Waals surface area contributed by atoms with Crippen molar-refractivity contribution < 1.29 is 19.1 Å². The van der Waals surface area contributed by atoms with Crippen molar-refractivity contribution in [2.75, 3.05) is 45.3 Å². The number of morpholine rings is 1. The first-order valence-corrected chi connectivity index (χ1v) is 11.1. The smallest absolute Gasteiger partial charge is 0.313 e. The number of amides is 2. The zero-order valence-corrected chi connectivity index (χ0v) is 19.0. The first-order valence-electron chi connectivity index (χ1n) is 11.1. The molecule has 3 aromatic rings. The standard InChI is InChI=1S/C26H29N3O4/c1-18-10-11-24(32-2)22(16-18)28-26(31)25(30)27-17-23(29-12-14-33-15-13-29)21-9-5-7-19-6-3-4-8-20(19)21/h3-11,16,23H,12-15,17H2,1-2H3,(H,27,30)(H,28,31)/t23-/m0/s1. The van der Waals surface area contributed by atoms with E-state index in [-0.39, 0.29) is 6.04 Å². The number of fused-ring (bicyclic) bond motifs is 1. The molecule has 2 N–H and O–H groups in total. The molecule has 0 aromatic heterocycles. The molecule has 1 fully saturated rings. The van der Waals surface area contributed by atoms with Gasteiger partial charge in [-0.05, 0) is 41.0 Å². The highest BCUT2D eigenvalue weighted by molar-refractivity contribution is 6.39. The zero-order chi connectivity index (χ0) is 23.2. The zero-order valence-electron chi connectivity index (χ0n) is 19.0. The summed E-state index contributed by atoms with van der Waals surface area (Å²) in [5, 5.41) is 7.79. The van der Waals surface area contributed by atoms with Crippen LogP contribution in [0.4, 0.5) is 5.69 Å². The first-order chi connectivity index (χ1) is 16.1. The second-order valence-electron chi connectivity index (χ2n) is 8.10. The van der Waals surface area contributed by atoms with Gasteiger partial charge in [0.2, 0.25) is 0 Å². The lowest BCUT2D eigenvalue weighted by Gasteiger charge is -2.35. The maximum absolute atomic E-state index is 12.7. The van der Waals surface area contributed by atoms with E-state index in [4.69, 9.17) is 9.47 Å². The predicted octanol–water partition coefficient (Wildman–Crippen LogP) is 3.29. The van der Waals surface area contributed by atoms with E-state index in [0.717, 1.165) is 35.0 Å². The molecule has 2 amide bonds.